The topological polar surface area (TPSA) is 95.5 Å². The number of nitrogens with one attached hydrogen (secondary N) is 1. The molecule has 202 valence electrons. The second-order valence-electron chi connectivity index (χ2n) is 9.81. The van der Waals surface area contributed by atoms with Crippen LogP contribution in [0, 0.1) is 11.8 Å². The van der Waals surface area contributed by atoms with Gasteiger partial charge in [0.1, 0.15) is 18.3 Å². The molecule has 1 aromatic rings. The van der Waals surface area contributed by atoms with Crippen molar-refractivity contribution in [3.8, 4) is 0 Å². The Hall–Kier alpha value is -0.680. The highest BCUT2D eigenvalue weighted by atomic mass is 35.6. The van der Waals surface area contributed by atoms with Crippen molar-refractivity contribution in [1.29, 1.82) is 0 Å². The molecule has 4 rings (SSSR count). The molecule has 8 nitrogen and oxygen atoms in total. The first-order chi connectivity index (χ1) is 17.0. The maximum Gasteiger partial charge on any atom is 0.272 e. The lowest BCUT2D eigenvalue weighted by Gasteiger charge is -2.51. The summed E-state index contributed by atoms with van der Waals surface area (Å²) in [6.45, 7) is 7.98. The number of hydrogen-bond acceptors (Lipinski definition) is 7. The Morgan fingerprint density at radius 2 is 1.81 bits per heavy atom. The first-order valence-corrected chi connectivity index (χ1v) is 13.5. The molecule has 0 aliphatic carbocycles. The van der Waals surface area contributed by atoms with E-state index in [1.165, 1.54) is 0 Å². The summed E-state index contributed by atoms with van der Waals surface area (Å²) in [5, 5.41) is 13.4. The van der Waals surface area contributed by atoms with E-state index in [1.807, 2.05) is 58.0 Å². The largest absolute Gasteiger partial charge is 0.390 e. The van der Waals surface area contributed by atoms with E-state index >= 15 is 0 Å². The standard InChI is InChI=1S/C25H34Cl3NO7/c1-5-16-19(30)12(2)13(3)22(34-16)36-21-18(29-24(31)25(26,27)28)14(4)33-17-11-32-23(35-20(17)21)15-9-7-6-8-10-15/h6-10,12-14,16-23,30H,5,11H2,1-4H3,(H,29,31). The van der Waals surface area contributed by atoms with E-state index < -0.39 is 58.8 Å². The summed E-state index contributed by atoms with van der Waals surface area (Å²) in [5.74, 6) is -0.989. The molecule has 0 radical (unpaired) electrons. The molecular formula is C25H34Cl3NO7. The van der Waals surface area contributed by atoms with Gasteiger partial charge in [0.05, 0.1) is 31.0 Å². The molecule has 11 unspecified atom stereocenters. The number of aliphatic hydroxyl groups is 1. The van der Waals surface area contributed by atoms with Crippen LogP contribution in [0.5, 0.6) is 0 Å². The number of aliphatic hydroxyl groups excluding tert-OH is 1. The van der Waals surface area contributed by atoms with Crippen LogP contribution < -0.4 is 5.32 Å². The Morgan fingerprint density at radius 1 is 1.11 bits per heavy atom. The highest BCUT2D eigenvalue weighted by molar-refractivity contribution is 6.76. The molecule has 0 bridgehead atoms. The minimum atomic E-state index is -2.16. The van der Waals surface area contributed by atoms with Gasteiger partial charge in [0.2, 0.25) is 0 Å². The van der Waals surface area contributed by atoms with Gasteiger partial charge in [0, 0.05) is 11.5 Å². The zero-order valence-electron chi connectivity index (χ0n) is 20.7. The fourth-order valence-electron chi connectivity index (χ4n) is 5.09. The molecule has 3 fully saturated rings. The van der Waals surface area contributed by atoms with Crippen molar-refractivity contribution in [2.45, 2.75) is 93.2 Å². The van der Waals surface area contributed by atoms with Crippen LogP contribution in [-0.4, -0.2) is 70.4 Å². The normalized spacial score (nSPS) is 41.4. The zero-order valence-corrected chi connectivity index (χ0v) is 23.0. The Bertz CT molecular complexity index is 886. The molecule has 0 aromatic heterocycles. The van der Waals surface area contributed by atoms with E-state index in [4.69, 9.17) is 58.5 Å². The van der Waals surface area contributed by atoms with Gasteiger partial charge in [0.25, 0.3) is 9.70 Å². The SMILES string of the molecule is CCC1OC(OC2C(NC(=O)C(Cl)(Cl)Cl)C(C)OC3COC(c4ccccc4)OC32)C(C)C(C)C1O. The van der Waals surface area contributed by atoms with Gasteiger partial charge < -0.3 is 34.1 Å². The molecule has 3 heterocycles. The molecule has 1 aromatic carbocycles. The van der Waals surface area contributed by atoms with Crippen molar-refractivity contribution in [3.05, 3.63) is 35.9 Å². The molecule has 3 saturated heterocycles. The van der Waals surface area contributed by atoms with Crippen molar-refractivity contribution in [2.24, 2.45) is 11.8 Å². The fraction of sp³-hybridized carbons (Fsp3) is 0.720. The van der Waals surface area contributed by atoms with Gasteiger partial charge >= 0.3 is 0 Å². The number of fused-ring (bicyclic) bond motifs is 1. The van der Waals surface area contributed by atoms with Crippen molar-refractivity contribution in [3.63, 3.8) is 0 Å². The van der Waals surface area contributed by atoms with Gasteiger partial charge in [0.15, 0.2) is 12.6 Å². The Morgan fingerprint density at radius 3 is 2.44 bits per heavy atom. The van der Waals surface area contributed by atoms with Gasteiger partial charge in [-0.15, -0.1) is 0 Å². The number of benzene rings is 1. The van der Waals surface area contributed by atoms with Crippen LogP contribution >= 0.6 is 34.8 Å². The molecule has 3 aliphatic heterocycles. The van der Waals surface area contributed by atoms with E-state index in [-0.39, 0.29) is 24.5 Å². The average molecular weight is 567 g/mol. The molecular weight excluding hydrogens is 533 g/mol. The molecule has 0 spiro atoms. The zero-order chi connectivity index (χ0) is 26.2. The van der Waals surface area contributed by atoms with Crippen LogP contribution in [0.25, 0.3) is 0 Å². The summed E-state index contributed by atoms with van der Waals surface area (Å²) < 4.78 is 29.2. The summed E-state index contributed by atoms with van der Waals surface area (Å²) in [6, 6.07) is 8.84. The lowest BCUT2D eigenvalue weighted by atomic mass is 9.83. The van der Waals surface area contributed by atoms with E-state index in [1.54, 1.807) is 0 Å². The fourth-order valence-corrected chi connectivity index (χ4v) is 5.25. The summed E-state index contributed by atoms with van der Waals surface area (Å²) in [5.41, 5.74) is 0.847. The summed E-state index contributed by atoms with van der Waals surface area (Å²) in [6.07, 6.45) is -3.93. The van der Waals surface area contributed by atoms with Gasteiger partial charge in [-0.1, -0.05) is 85.9 Å². The van der Waals surface area contributed by atoms with Gasteiger partial charge in [-0.05, 0) is 19.3 Å². The highest BCUT2D eigenvalue weighted by Gasteiger charge is 2.53. The molecule has 2 N–H and O–H groups in total. The average Bonchev–Trinajstić information content (AvgIpc) is 2.85. The molecule has 11 atom stereocenters. The Kier molecular flexibility index (Phi) is 9.13. The number of halogens is 3. The molecule has 3 aliphatic rings. The lowest BCUT2D eigenvalue weighted by molar-refractivity contribution is -0.350. The minimum Gasteiger partial charge on any atom is -0.390 e. The van der Waals surface area contributed by atoms with Crippen LogP contribution in [-0.2, 0) is 28.5 Å². The van der Waals surface area contributed by atoms with Crippen LogP contribution in [0.15, 0.2) is 30.3 Å². The maximum atomic E-state index is 12.7. The Labute approximate surface area is 226 Å². The smallest absolute Gasteiger partial charge is 0.272 e. The first kappa shape index (κ1) is 28.3. The second-order valence-corrected chi connectivity index (χ2v) is 12.1. The van der Waals surface area contributed by atoms with Crippen LogP contribution in [0.1, 0.15) is 46.0 Å². The lowest BCUT2D eigenvalue weighted by Crippen LogP contribution is -2.68. The predicted molar refractivity (Wildman–Crippen MR) is 135 cm³/mol. The van der Waals surface area contributed by atoms with Crippen molar-refractivity contribution >= 4 is 40.7 Å². The third-order valence-electron chi connectivity index (χ3n) is 7.44. The molecule has 36 heavy (non-hydrogen) atoms. The number of amides is 1. The van der Waals surface area contributed by atoms with Crippen LogP contribution in [0.2, 0.25) is 0 Å². The number of ether oxygens (including phenoxy) is 5. The van der Waals surface area contributed by atoms with Crippen molar-refractivity contribution < 1.29 is 33.6 Å². The van der Waals surface area contributed by atoms with Crippen LogP contribution in [0.4, 0.5) is 0 Å². The monoisotopic (exact) mass is 565 g/mol. The van der Waals surface area contributed by atoms with E-state index in [9.17, 15) is 9.90 Å². The summed E-state index contributed by atoms with van der Waals surface area (Å²) in [7, 11) is 0. The van der Waals surface area contributed by atoms with E-state index in [2.05, 4.69) is 5.32 Å². The molecule has 11 heteroatoms. The third-order valence-corrected chi connectivity index (χ3v) is 7.95. The van der Waals surface area contributed by atoms with Gasteiger partial charge in [-0.25, -0.2) is 0 Å². The summed E-state index contributed by atoms with van der Waals surface area (Å²) in [4.78, 5) is 12.7. The minimum absolute atomic E-state index is 0.0661. The number of alkyl halides is 3. The number of rotatable bonds is 5. The molecule has 1 amide bonds. The maximum absolute atomic E-state index is 12.7. The number of carbonyl (C=O) groups excluding carboxylic acids is 1. The Balaban J connectivity index is 1.63. The van der Waals surface area contributed by atoms with Gasteiger partial charge in [-0.2, -0.15) is 0 Å². The quantitative estimate of drug-likeness (QED) is 0.522. The van der Waals surface area contributed by atoms with Crippen LogP contribution in [0.3, 0.4) is 0 Å². The third kappa shape index (κ3) is 5.98. The van der Waals surface area contributed by atoms with Gasteiger partial charge in [-0.3, -0.25) is 4.79 Å². The van der Waals surface area contributed by atoms with Crippen molar-refractivity contribution in [2.75, 3.05) is 6.61 Å². The second kappa shape index (κ2) is 11.6. The summed E-state index contributed by atoms with van der Waals surface area (Å²) >= 11 is 17.6. The molecule has 0 saturated carbocycles. The number of hydrogen-bond donors (Lipinski definition) is 2. The van der Waals surface area contributed by atoms with E-state index in [0.717, 1.165) is 5.56 Å². The first-order valence-electron chi connectivity index (χ1n) is 12.3. The van der Waals surface area contributed by atoms with E-state index in [0.29, 0.717) is 6.42 Å². The number of carbonyl (C=O) groups is 1. The highest BCUT2D eigenvalue weighted by Crippen LogP contribution is 2.39. The van der Waals surface area contributed by atoms with Crippen molar-refractivity contribution in [1.82, 2.24) is 5.32 Å². The predicted octanol–water partition coefficient (Wildman–Crippen LogP) is 3.90.